The predicted molar refractivity (Wildman–Crippen MR) is 130 cm³/mol. The lowest BCUT2D eigenvalue weighted by Gasteiger charge is -2.40. The van der Waals surface area contributed by atoms with Crippen LogP contribution in [0.3, 0.4) is 0 Å². The molecule has 0 aromatic heterocycles. The molecule has 2 aromatic rings. The number of hydrogen-bond acceptors (Lipinski definition) is 6. The maximum absolute atomic E-state index is 13.6. The van der Waals surface area contributed by atoms with Gasteiger partial charge in [0.05, 0.1) is 37.1 Å². The summed E-state index contributed by atoms with van der Waals surface area (Å²) in [5.74, 6) is 0.0995. The van der Waals surface area contributed by atoms with Crippen LogP contribution in [0.2, 0.25) is 0 Å². The van der Waals surface area contributed by atoms with E-state index in [0.717, 1.165) is 0 Å². The van der Waals surface area contributed by atoms with Gasteiger partial charge in [0, 0.05) is 31.7 Å². The van der Waals surface area contributed by atoms with Crippen LogP contribution >= 0.6 is 0 Å². The number of amides is 3. The number of anilines is 1. The van der Waals surface area contributed by atoms with Gasteiger partial charge in [-0.1, -0.05) is 18.2 Å². The summed E-state index contributed by atoms with van der Waals surface area (Å²) in [7, 11) is 2.99. The van der Waals surface area contributed by atoms with Crippen LogP contribution in [0.5, 0.6) is 11.5 Å². The van der Waals surface area contributed by atoms with E-state index in [2.05, 4.69) is 5.32 Å². The first-order valence-electron chi connectivity index (χ1n) is 11.8. The van der Waals surface area contributed by atoms with E-state index in [1.54, 1.807) is 46.2 Å². The number of carbonyl (C=O) groups is 3. The number of benzene rings is 2. The van der Waals surface area contributed by atoms with Crippen molar-refractivity contribution in [2.45, 2.75) is 39.0 Å². The highest BCUT2D eigenvalue weighted by atomic mass is 16.5. The Morgan fingerprint density at radius 2 is 1.83 bits per heavy atom. The fourth-order valence-corrected chi connectivity index (χ4v) is 4.58. The first-order valence-corrected chi connectivity index (χ1v) is 11.8. The molecular formula is C26H31N3O6. The molecule has 3 amide bonds. The number of methoxy groups -OCH3 is 2. The van der Waals surface area contributed by atoms with Gasteiger partial charge in [0.25, 0.3) is 11.8 Å². The van der Waals surface area contributed by atoms with E-state index in [1.165, 1.54) is 14.2 Å². The van der Waals surface area contributed by atoms with Gasteiger partial charge in [-0.05, 0) is 38.5 Å². The van der Waals surface area contributed by atoms with E-state index in [0.29, 0.717) is 53.4 Å². The van der Waals surface area contributed by atoms with Crippen LogP contribution in [0.25, 0.3) is 0 Å². The summed E-state index contributed by atoms with van der Waals surface area (Å²) in [4.78, 5) is 42.9. The van der Waals surface area contributed by atoms with Gasteiger partial charge < -0.3 is 24.4 Å². The van der Waals surface area contributed by atoms with E-state index in [1.807, 2.05) is 13.8 Å². The molecule has 2 aromatic carbocycles. The lowest BCUT2D eigenvalue weighted by atomic mass is 10.0. The van der Waals surface area contributed by atoms with Crippen molar-refractivity contribution in [1.82, 2.24) is 10.2 Å². The molecule has 9 heteroatoms. The van der Waals surface area contributed by atoms with Crippen molar-refractivity contribution < 1.29 is 28.6 Å². The van der Waals surface area contributed by atoms with Crippen molar-refractivity contribution in [3.05, 3.63) is 53.1 Å². The van der Waals surface area contributed by atoms with E-state index < -0.39 is 6.17 Å². The first-order chi connectivity index (χ1) is 16.9. The Morgan fingerprint density at radius 3 is 2.54 bits per heavy atom. The van der Waals surface area contributed by atoms with Gasteiger partial charge in [-0.2, -0.15) is 0 Å². The zero-order chi connectivity index (χ0) is 25.1. The summed E-state index contributed by atoms with van der Waals surface area (Å²) in [6.07, 6.45) is 0.295. The topological polar surface area (TPSA) is 97.4 Å². The van der Waals surface area contributed by atoms with Crippen molar-refractivity contribution in [1.29, 1.82) is 0 Å². The minimum absolute atomic E-state index is 0.111. The van der Waals surface area contributed by atoms with Gasteiger partial charge in [-0.3, -0.25) is 19.3 Å². The van der Waals surface area contributed by atoms with E-state index in [9.17, 15) is 14.4 Å². The number of para-hydroxylation sites is 1. The standard InChI is InChI=1S/C26H31N3O6/c1-16(2)35-15-7-13-27-21(30)12-14-28-24-18-10-11-20(33-3)23(34-4)22(18)26(32)29(24)19-9-6-5-8-17(19)25(28)31/h5-6,8-11,16,24H,7,12-15H2,1-4H3,(H,27,30)/t24-/m1/s1. The number of hydrogen-bond donors (Lipinski definition) is 1. The normalized spacial score (nSPS) is 16.2. The molecule has 0 radical (unpaired) electrons. The van der Waals surface area contributed by atoms with E-state index in [4.69, 9.17) is 14.2 Å². The monoisotopic (exact) mass is 481 g/mol. The largest absolute Gasteiger partial charge is 0.493 e. The van der Waals surface area contributed by atoms with E-state index in [-0.39, 0.29) is 36.8 Å². The Balaban J connectivity index is 1.59. The Kier molecular flexibility index (Phi) is 7.25. The van der Waals surface area contributed by atoms with Gasteiger partial charge >= 0.3 is 0 Å². The maximum Gasteiger partial charge on any atom is 0.264 e. The second-order valence-corrected chi connectivity index (χ2v) is 8.70. The number of fused-ring (bicyclic) bond motifs is 5. The number of nitrogens with zero attached hydrogens (tertiary/aromatic N) is 2. The molecule has 186 valence electrons. The fraction of sp³-hybridized carbons (Fsp3) is 0.423. The molecule has 0 unspecified atom stereocenters. The predicted octanol–water partition coefficient (Wildman–Crippen LogP) is 3.14. The van der Waals surface area contributed by atoms with Gasteiger partial charge in [-0.15, -0.1) is 0 Å². The average Bonchev–Trinajstić information content (AvgIpc) is 3.15. The molecule has 1 N–H and O–H groups in total. The van der Waals surface area contributed by atoms with Crippen molar-refractivity contribution in [2.75, 3.05) is 38.8 Å². The van der Waals surface area contributed by atoms with Gasteiger partial charge in [0.1, 0.15) is 6.17 Å². The van der Waals surface area contributed by atoms with E-state index >= 15 is 0 Å². The summed E-state index contributed by atoms with van der Waals surface area (Å²) < 4.78 is 16.4. The third-order valence-corrected chi connectivity index (χ3v) is 6.16. The van der Waals surface area contributed by atoms with Crippen molar-refractivity contribution in [3.63, 3.8) is 0 Å². The van der Waals surface area contributed by atoms with Crippen LogP contribution in [0.1, 0.15) is 59.1 Å². The summed E-state index contributed by atoms with van der Waals surface area (Å²) in [6.45, 7) is 5.15. The minimum Gasteiger partial charge on any atom is -0.493 e. The molecule has 0 bridgehead atoms. The van der Waals surface area contributed by atoms with Crippen LogP contribution in [-0.2, 0) is 9.53 Å². The van der Waals surface area contributed by atoms with Crippen LogP contribution in [-0.4, -0.2) is 62.6 Å². The molecule has 0 fully saturated rings. The Bertz CT molecular complexity index is 1130. The van der Waals surface area contributed by atoms with Crippen LogP contribution < -0.4 is 19.7 Å². The molecule has 4 rings (SSSR count). The highest BCUT2D eigenvalue weighted by Gasteiger charge is 2.49. The van der Waals surface area contributed by atoms with Crippen LogP contribution in [0.15, 0.2) is 36.4 Å². The smallest absolute Gasteiger partial charge is 0.264 e. The number of carbonyl (C=O) groups excluding carboxylic acids is 3. The Labute approximate surface area is 204 Å². The maximum atomic E-state index is 13.6. The fourth-order valence-electron chi connectivity index (χ4n) is 4.58. The summed E-state index contributed by atoms with van der Waals surface area (Å²) in [5.41, 5.74) is 1.96. The Hall–Kier alpha value is -3.59. The molecule has 2 heterocycles. The molecular weight excluding hydrogens is 450 g/mol. The SMILES string of the molecule is COc1ccc2c(c1OC)C(=O)N1c3ccccc3C(=O)N(CCC(=O)NCCCOC(C)C)[C@@H]21. The van der Waals surface area contributed by atoms with Crippen LogP contribution in [0, 0.1) is 0 Å². The third kappa shape index (κ3) is 4.55. The van der Waals surface area contributed by atoms with Crippen LogP contribution in [0.4, 0.5) is 5.69 Å². The first kappa shape index (κ1) is 24.5. The minimum atomic E-state index is -0.674. The third-order valence-electron chi connectivity index (χ3n) is 6.16. The highest BCUT2D eigenvalue weighted by Crippen LogP contribution is 2.49. The van der Waals surface area contributed by atoms with Gasteiger partial charge in [-0.25, -0.2) is 0 Å². The van der Waals surface area contributed by atoms with Crippen molar-refractivity contribution in [2.24, 2.45) is 0 Å². The number of nitrogens with one attached hydrogen (secondary N) is 1. The van der Waals surface area contributed by atoms with Gasteiger partial charge in [0.15, 0.2) is 11.5 Å². The molecule has 9 nitrogen and oxygen atoms in total. The number of rotatable bonds is 10. The number of ether oxygens (including phenoxy) is 3. The lowest BCUT2D eigenvalue weighted by molar-refractivity contribution is -0.121. The highest BCUT2D eigenvalue weighted by molar-refractivity contribution is 6.18. The molecule has 0 aliphatic carbocycles. The molecule has 0 saturated heterocycles. The quantitative estimate of drug-likeness (QED) is 0.524. The van der Waals surface area contributed by atoms with Crippen molar-refractivity contribution >= 4 is 23.4 Å². The summed E-state index contributed by atoms with van der Waals surface area (Å²) in [5, 5.41) is 2.88. The van der Waals surface area contributed by atoms with Crippen molar-refractivity contribution in [3.8, 4) is 11.5 Å². The Morgan fingerprint density at radius 1 is 1.06 bits per heavy atom. The summed E-state index contributed by atoms with van der Waals surface area (Å²) >= 11 is 0. The lowest BCUT2D eigenvalue weighted by Crippen LogP contribution is -2.49. The molecule has 35 heavy (non-hydrogen) atoms. The zero-order valence-electron chi connectivity index (χ0n) is 20.5. The zero-order valence-corrected chi connectivity index (χ0v) is 20.5. The molecule has 1 atom stereocenters. The molecule has 2 aliphatic heterocycles. The second kappa shape index (κ2) is 10.4. The molecule has 2 aliphatic rings. The average molecular weight is 482 g/mol. The van der Waals surface area contributed by atoms with Gasteiger partial charge in [0.2, 0.25) is 5.91 Å². The molecule has 0 saturated carbocycles. The molecule has 0 spiro atoms. The second-order valence-electron chi connectivity index (χ2n) is 8.70. The summed E-state index contributed by atoms with van der Waals surface area (Å²) in [6, 6.07) is 10.5.